The molecular formula is C83H119N13O12. The number of benzene rings is 4. The number of nitrogens with zero attached hydrogens (tertiary/aromatic N) is 1. The van der Waals surface area contributed by atoms with Crippen LogP contribution in [0.5, 0.6) is 0 Å². The molecule has 25 nitrogen and oxygen atoms in total. The highest BCUT2D eigenvalue weighted by molar-refractivity contribution is 5.99. The summed E-state index contributed by atoms with van der Waals surface area (Å²) in [5.74, 6) is -4.74. The van der Waals surface area contributed by atoms with E-state index >= 15 is 0 Å². The Hall–Kier alpha value is -10.5. The highest BCUT2D eigenvalue weighted by Crippen LogP contribution is 2.44. The monoisotopic (exact) mass is 1490 g/mol. The van der Waals surface area contributed by atoms with E-state index in [2.05, 4.69) is 125 Å². The van der Waals surface area contributed by atoms with Crippen LogP contribution in [0.15, 0.2) is 152 Å². The molecule has 0 saturated carbocycles. The van der Waals surface area contributed by atoms with Crippen LogP contribution in [-0.4, -0.2) is 148 Å². The van der Waals surface area contributed by atoms with Gasteiger partial charge in [-0.2, -0.15) is 0 Å². The second-order valence-electron chi connectivity index (χ2n) is 28.0. The van der Waals surface area contributed by atoms with Crippen molar-refractivity contribution in [3.63, 3.8) is 0 Å². The minimum atomic E-state index is -1.25. The molecule has 2 aliphatic rings. The van der Waals surface area contributed by atoms with E-state index < -0.39 is 76.6 Å². The van der Waals surface area contributed by atoms with Crippen LogP contribution in [0.25, 0.3) is 11.1 Å². The van der Waals surface area contributed by atoms with E-state index in [1.807, 2.05) is 25.1 Å². The summed E-state index contributed by atoms with van der Waals surface area (Å²) >= 11 is 0. The molecule has 1 heterocycles. The van der Waals surface area contributed by atoms with Crippen molar-refractivity contribution in [2.45, 2.75) is 187 Å². The molecule has 0 unspecified atom stereocenters. The molecular weight excluding hydrogens is 1370 g/mol. The predicted molar refractivity (Wildman–Crippen MR) is 423 cm³/mol. The van der Waals surface area contributed by atoms with E-state index in [1.54, 1.807) is 137 Å². The molecule has 6 rings (SSSR count). The lowest BCUT2D eigenvalue weighted by molar-refractivity contribution is -0.143. The summed E-state index contributed by atoms with van der Waals surface area (Å²) < 4.78 is 5.35. The number of guanidine groups is 1. The first-order valence-corrected chi connectivity index (χ1v) is 37.7. The summed E-state index contributed by atoms with van der Waals surface area (Å²) in [6.07, 6.45) is 7.25. The van der Waals surface area contributed by atoms with Gasteiger partial charge in [-0.15, -0.1) is 13.2 Å². The van der Waals surface area contributed by atoms with E-state index in [-0.39, 0.29) is 91.7 Å². The highest BCUT2D eigenvalue weighted by Gasteiger charge is 2.40. The van der Waals surface area contributed by atoms with Crippen molar-refractivity contribution < 1.29 is 57.5 Å². The number of carbonyl (C=O) groups excluding carboxylic acids is 11. The Morgan fingerprint density at radius 1 is 0.694 bits per heavy atom. The average molecular weight is 1490 g/mol. The molecule has 8 amide bonds. The molecule has 108 heavy (non-hydrogen) atoms. The SMILES string of the molecule is C=C(NC)NCCC[C@@H]1CC(=O)[C@](C)(NC(=O)C(C)C)CCCCNC(=O)[C@@H](c2ccccc2)NC(=O)[C@H](CC)NC1=O.C=CCNC(=O)[C@H](NC(=O)[C@H](CC)NC(=O)[C@H](CCCNC(=NC)NC)CC(=O)[C@@](C)(CC=C)NC(=O)C(C)C)c1ccccc1.CCC(=O)OCC1c2ccccc2-c2ccccc21. The minimum absolute atomic E-state index is 0.0882. The third-order valence-corrected chi connectivity index (χ3v) is 19.0. The second kappa shape index (κ2) is 46.6. The third-order valence-electron chi connectivity index (χ3n) is 19.0. The van der Waals surface area contributed by atoms with Gasteiger partial charge in [0.1, 0.15) is 30.8 Å². The summed E-state index contributed by atoms with van der Waals surface area (Å²) in [5, 5.41) is 34.7. The van der Waals surface area contributed by atoms with E-state index in [0.29, 0.717) is 101 Å². The van der Waals surface area contributed by atoms with Crippen LogP contribution >= 0.6 is 0 Å². The average Bonchev–Trinajstić information content (AvgIpc) is 1.61. The van der Waals surface area contributed by atoms with Crippen LogP contribution in [0.2, 0.25) is 0 Å². The second-order valence-corrected chi connectivity index (χ2v) is 28.0. The van der Waals surface area contributed by atoms with E-state index in [9.17, 15) is 52.7 Å². The molecule has 0 aromatic heterocycles. The standard InChI is InChI=1S/C34H53N7O5.C32H50N6O5.C17H16O2/c1-9-19-34(6,41-29(43)23(4)5)27(42)22-25(18-15-21-38-33(35-7)36-8)30(44)39-26(11-3)31(45)40-28(32(46)37-20-10-2)24-16-13-12-14-17-24;1-7-25-30(42)37-27(23-14-9-8-10-15-23)31(43)35-18-12-11-17-32(5,38-28(40)21(2)3)26(39)20-24(29(41)36-25)16-13-19-34-22(4)33-6;1-2-17(18)19-11-16-14-9-5-3-7-12(14)13-8-4-6-10-15(13)16/h9-10,12-14,16-17,23,25-26,28H,1-2,11,15,18-22H2,3-8H3,(H,37,46)(H,39,44)(H,40,45)(H,41,43)(H2,35,36,38);8-10,14-15,21,24-25,27,33-34H,4,7,11-13,16-20H2,1-3,5-6H3,(H,35,43)(H,36,41)(H,37,42)(H,38,40);3-10,16H,2,11H2,1H3/t25-,26+,28-,34-;24-,25+,27-,32-;/m11./s1. The summed E-state index contributed by atoms with van der Waals surface area (Å²) in [5.41, 5.74) is 3.80. The van der Waals surface area contributed by atoms with Gasteiger partial charge in [-0.1, -0.05) is 176 Å². The van der Waals surface area contributed by atoms with Gasteiger partial charge in [0.2, 0.25) is 47.3 Å². The van der Waals surface area contributed by atoms with E-state index in [0.717, 1.165) is 0 Å². The number of hydrogen-bond donors (Lipinski definition) is 12. The largest absolute Gasteiger partial charge is 0.465 e. The number of hydrogen-bond acceptors (Lipinski definition) is 15. The number of nitrogens with one attached hydrogen (secondary N) is 12. The zero-order chi connectivity index (χ0) is 79.9. The smallest absolute Gasteiger partial charge is 0.305 e. The number of esters is 1. The molecule has 0 spiro atoms. The Labute approximate surface area is 638 Å². The lowest BCUT2D eigenvalue weighted by Gasteiger charge is -2.32. The molecule has 12 N–H and O–H groups in total. The van der Waals surface area contributed by atoms with Crippen molar-refractivity contribution in [2.75, 3.05) is 53.9 Å². The zero-order valence-electron chi connectivity index (χ0n) is 65.4. The number of amides is 8. The molecule has 1 aliphatic carbocycles. The van der Waals surface area contributed by atoms with Gasteiger partial charge in [-0.3, -0.25) is 57.7 Å². The van der Waals surface area contributed by atoms with Crippen molar-refractivity contribution in [3.8, 4) is 11.1 Å². The molecule has 588 valence electrons. The number of ketones is 2. The Morgan fingerprint density at radius 3 is 1.87 bits per heavy atom. The lowest BCUT2D eigenvalue weighted by Crippen LogP contribution is -2.55. The summed E-state index contributed by atoms with van der Waals surface area (Å²) in [6.45, 7) is 28.9. The van der Waals surface area contributed by atoms with Gasteiger partial charge in [-0.25, -0.2) is 0 Å². The van der Waals surface area contributed by atoms with Crippen LogP contribution < -0.4 is 63.8 Å². The number of Topliss-reactive ketones (excluding diaryl/α,β-unsaturated/α-hetero) is 2. The zero-order valence-corrected chi connectivity index (χ0v) is 65.4. The van der Waals surface area contributed by atoms with Gasteiger partial charge < -0.3 is 68.5 Å². The van der Waals surface area contributed by atoms with Crippen LogP contribution in [0, 0.1) is 23.7 Å². The van der Waals surface area contributed by atoms with Crippen molar-refractivity contribution in [1.82, 2.24) is 63.8 Å². The van der Waals surface area contributed by atoms with E-state index in [4.69, 9.17) is 4.74 Å². The van der Waals surface area contributed by atoms with Gasteiger partial charge in [0.15, 0.2) is 17.5 Å². The molecule has 0 bridgehead atoms. The fourth-order valence-corrected chi connectivity index (χ4v) is 12.3. The van der Waals surface area contributed by atoms with E-state index in [1.165, 1.54) is 28.3 Å². The normalized spacial score (nSPS) is 18.1. The molecule has 4 aromatic rings. The first-order valence-electron chi connectivity index (χ1n) is 37.7. The topological polar surface area (TPSA) is 354 Å². The number of ether oxygens (including phenoxy) is 1. The van der Waals surface area contributed by atoms with Gasteiger partial charge >= 0.3 is 5.97 Å². The maximum atomic E-state index is 13.8. The lowest BCUT2D eigenvalue weighted by atomic mass is 9.83. The summed E-state index contributed by atoms with van der Waals surface area (Å²) in [4.78, 5) is 149. The Bertz CT molecular complexity index is 3650. The Kier molecular flexibility index (Phi) is 38.8. The molecule has 1 fully saturated rings. The highest BCUT2D eigenvalue weighted by atomic mass is 16.5. The molecule has 4 aromatic carbocycles. The molecule has 1 saturated heterocycles. The fraction of sp³-hybridized carbons (Fsp3) is 0.494. The Morgan fingerprint density at radius 2 is 1.31 bits per heavy atom. The van der Waals surface area contributed by atoms with Gasteiger partial charge in [-0.05, 0) is 111 Å². The van der Waals surface area contributed by atoms with Crippen LogP contribution in [0.3, 0.4) is 0 Å². The first-order chi connectivity index (χ1) is 51.6. The fourth-order valence-electron chi connectivity index (χ4n) is 12.3. The maximum Gasteiger partial charge on any atom is 0.305 e. The van der Waals surface area contributed by atoms with Crippen LogP contribution in [0.1, 0.15) is 186 Å². The summed E-state index contributed by atoms with van der Waals surface area (Å²) in [6, 6.07) is 30.6. The maximum absolute atomic E-state index is 13.8. The predicted octanol–water partition coefficient (Wildman–Crippen LogP) is 8.26. The number of carbonyl (C=O) groups is 11. The summed E-state index contributed by atoms with van der Waals surface area (Å²) in [7, 11) is 5.12. The molecule has 25 heteroatoms. The van der Waals surface area contributed by atoms with Crippen LogP contribution in [-0.2, 0) is 57.5 Å². The minimum Gasteiger partial charge on any atom is -0.465 e. The van der Waals surface area contributed by atoms with Gasteiger partial charge in [0.25, 0.3) is 0 Å². The third kappa shape index (κ3) is 28.4. The first kappa shape index (κ1) is 89.9. The number of rotatable bonds is 33. The molecule has 1 aliphatic heterocycles. The van der Waals surface area contributed by atoms with Gasteiger partial charge in [0.05, 0.1) is 16.9 Å². The molecule has 0 radical (unpaired) electrons. The quantitative estimate of drug-likeness (QED) is 0.00702. The number of fused-ring (bicyclic) bond motifs is 3. The van der Waals surface area contributed by atoms with Crippen molar-refractivity contribution >= 4 is 70.8 Å². The number of aliphatic imine (C=N–C) groups is 1. The molecule has 8 atom stereocenters. The van der Waals surface area contributed by atoms with Crippen molar-refractivity contribution in [2.24, 2.45) is 28.7 Å². The van der Waals surface area contributed by atoms with Gasteiger partial charge in [0, 0.05) is 96.2 Å². The van der Waals surface area contributed by atoms with Crippen molar-refractivity contribution in [1.29, 1.82) is 0 Å². The Balaban J connectivity index is 0.000000367. The van der Waals surface area contributed by atoms with Crippen LogP contribution in [0.4, 0.5) is 0 Å². The van der Waals surface area contributed by atoms with Crippen molar-refractivity contribution in [3.05, 3.63) is 169 Å².